The van der Waals surface area contributed by atoms with E-state index in [0.29, 0.717) is 6.42 Å². The fraction of sp³-hybridized carbons (Fsp3) is 0.730. The lowest BCUT2D eigenvalue weighted by Crippen LogP contribution is -2.29. The number of esters is 2. The summed E-state index contributed by atoms with van der Waals surface area (Å²) in [6, 6.07) is 0. The van der Waals surface area contributed by atoms with E-state index < -0.39 is 26.5 Å². The molecule has 0 amide bonds. The van der Waals surface area contributed by atoms with Gasteiger partial charge in [0.1, 0.15) is 6.61 Å². The van der Waals surface area contributed by atoms with E-state index in [0.717, 1.165) is 96.3 Å². The number of unbranched alkanes of at least 4 members (excludes halogenated alkanes) is 34. The van der Waals surface area contributed by atoms with E-state index in [-0.39, 0.29) is 38.6 Å². The number of ether oxygens (including phenoxy) is 2. The molecule has 84 heavy (non-hydrogen) atoms. The Morgan fingerprint density at radius 1 is 0.369 bits per heavy atom. The van der Waals surface area contributed by atoms with Crippen molar-refractivity contribution in [2.24, 2.45) is 5.73 Å². The van der Waals surface area contributed by atoms with Crippen molar-refractivity contribution in [3.63, 3.8) is 0 Å². The largest absolute Gasteiger partial charge is 0.472 e. The molecule has 0 aliphatic rings. The van der Waals surface area contributed by atoms with Crippen LogP contribution in [0, 0.1) is 0 Å². The van der Waals surface area contributed by atoms with Crippen LogP contribution in [0.25, 0.3) is 0 Å². The molecule has 0 spiro atoms. The maximum Gasteiger partial charge on any atom is 0.472 e. The first-order chi connectivity index (χ1) is 41.3. The van der Waals surface area contributed by atoms with Crippen molar-refractivity contribution in [2.45, 2.75) is 322 Å². The minimum absolute atomic E-state index is 0.0433. The molecule has 0 bridgehead atoms. The topological polar surface area (TPSA) is 134 Å². The molecule has 0 aliphatic heterocycles. The molecule has 0 heterocycles. The lowest BCUT2D eigenvalue weighted by molar-refractivity contribution is -0.161. The second-order valence-electron chi connectivity index (χ2n) is 23.0. The van der Waals surface area contributed by atoms with Gasteiger partial charge in [0.25, 0.3) is 0 Å². The van der Waals surface area contributed by atoms with Crippen molar-refractivity contribution in [2.75, 3.05) is 26.4 Å². The highest BCUT2D eigenvalue weighted by atomic mass is 31.2. The van der Waals surface area contributed by atoms with Crippen LogP contribution < -0.4 is 5.73 Å². The van der Waals surface area contributed by atoms with E-state index in [4.69, 9.17) is 24.3 Å². The molecular weight excluding hydrogens is 1060 g/mol. The summed E-state index contributed by atoms with van der Waals surface area (Å²) in [6.07, 6.45) is 94.8. The molecule has 0 rings (SSSR count). The van der Waals surface area contributed by atoms with Crippen LogP contribution in [0.4, 0.5) is 0 Å². The molecule has 2 unspecified atom stereocenters. The van der Waals surface area contributed by atoms with Gasteiger partial charge in [0, 0.05) is 19.4 Å². The third-order valence-corrected chi connectivity index (χ3v) is 15.9. The van der Waals surface area contributed by atoms with Crippen molar-refractivity contribution in [1.82, 2.24) is 0 Å². The van der Waals surface area contributed by atoms with Gasteiger partial charge in [0.2, 0.25) is 0 Å². The van der Waals surface area contributed by atoms with Crippen LogP contribution in [-0.4, -0.2) is 49.3 Å². The van der Waals surface area contributed by atoms with Gasteiger partial charge in [-0.05, 0) is 83.5 Å². The molecule has 0 fully saturated rings. The third-order valence-electron chi connectivity index (χ3n) is 14.9. The Morgan fingerprint density at radius 2 is 0.655 bits per heavy atom. The number of rotatable bonds is 65. The van der Waals surface area contributed by atoms with Crippen LogP contribution in [0.5, 0.6) is 0 Å². The molecule has 9 nitrogen and oxygen atoms in total. The lowest BCUT2D eigenvalue weighted by atomic mass is 10.0. The summed E-state index contributed by atoms with van der Waals surface area (Å²) in [4.78, 5) is 35.3. The lowest BCUT2D eigenvalue weighted by Gasteiger charge is -2.19. The Kier molecular flexibility index (Phi) is 66.1. The number of phosphoric acid groups is 1. The van der Waals surface area contributed by atoms with Crippen molar-refractivity contribution >= 4 is 19.8 Å². The standard InChI is InChI=1S/C74H130NO8P/c1-3-5-7-9-11-13-15-17-19-21-23-25-27-29-31-33-35-37-38-40-42-44-46-48-50-52-54-56-58-60-62-64-66-73(76)80-70-72(71-82-84(78,79)81-69-68-75)83-74(77)67-65-63-61-59-57-55-53-51-49-47-45-43-41-39-36-34-32-30-28-26-24-22-20-18-16-14-12-10-8-6-4-2/h6,8,12,14,18,20,24,26,30,32,36,39,43,45,49,51,55,57,72H,3-5,7,9-11,13,15-17,19,21-23,25,27-29,31,33-35,37-38,40-42,44,46-48,50,52-54,56,58-71,75H2,1-2H3,(H,78,79)/b8-6-,14-12-,20-18-,26-24-,32-30-,39-36-,45-43-,51-49-,57-55-. The molecule has 0 aliphatic carbocycles. The summed E-state index contributed by atoms with van der Waals surface area (Å²) in [6.45, 7) is 3.62. The summed E-state index contributed by atoms with van der Waals surface area (Å²) in [7, 11) is -4.41. The predicted octanol–water partition coefficient (Wildman–Crippen LogP) is 22.9. The number of nitrogens with two attached hydrogens (primary N) is 1. The fourth-order valence-electron chi connectivity index (χ4n) is 9.81. The Bertz CT molecular complexity index is 1740. The average Bonchev–Trinajstić information content (AvgIpc) is 3.58. The Morgan fingerprint density at radius 3 is 0.976 bits per heavy atom. The number of hydrogen-bond acceptors (Lipinski definition) is 8. The quantitative estimate of drug-likeness (QED) is 0.0264. The zero-order valence-electron chi connectivity index (χ0n) is 54.4. The van der Waals surface area contributed by atoms with Crippen LogP contribution >= 0.6 is 7.82 Å². The maximum atomic E-state index is 12.7. The SMILES string of the molecule is CC/C=C\C/C=C\C/C=C\C/C=C\C/C=C\C/C=C\C/C=C\C/C=C\C/C=C\CCCCCC(=O)OC(COC(=O)CCCCCCCCCCCCCCCCCCCCCCCCCCCCCCCCCC)COP(=O)(O)OCCN. The molecule has 2 atom stereocenters. The van der Waals surface area contributed by atoms with Gasteiger partial charge >= 0.3 is 19.8 Å². The Hall–Kier alpha value is -3.33. The zero-order chi connectivity index (χ0) is 60.9. The van der Waals surface area contributed by atoms with Gasteiger partial charge in [0.05, 0.1) is 13.2 Å². The van der Waals surface area contributed by atoms with E-state index in [1.807, 2.05) is 0 Å². The molecule has 0 saturated carbocycles. The van der Waals surface area contributed by atoms with E-state index in [1.54, 1.807) is 0 Å². The van der Waals surface area contributed by atoms with E-state index >= 15 is 0 Å². The van der Waals surface area contributed by atoms with Crippen LogP contribution in [0.1, 0.15) is 316 Å². The van der Waals surface area contributed by atoms with Gasteiger partial charge in [-0.1, -0.05) is 329 Å². The minimum atomic E-state index is -4.41. The maximum absolute atomic E-state index is 12.7. The van der Waals surface area contributed by atoms with E-state index in [1.165, 1.54) is 186 Å². The fourth-order valence-corrected chi connectivity index (χ4v) is 10.6. The predicted molar refractivity (Wildman–Crippen MR) is 362 cm³/mol. The molecule has 0 saturated heterocycles. The van der Waals surface area contributed by atoms with Crippen molar-refractivity contribution in [3.05, 3.63) is 109 Å². The smallest absolute Gasteiger partial charge is 0.462 e. The van der Waals surface area contributed by atoms with Crippen LogP contribution in [0.15, 0.2) is 109 Å². The molecular formula is C74H130NO8P. The monoisotopic (exact) mass is 1190 g/mol. The number of carbonyl (C=O) groups excluding carboxylic acids is 2. The Balaban J connectivity index is 3.95. The number of carbonyl (C=O) groups is 2. The van der Waals surface area contributed by atoms with Crippen LogP contribution in [0.2, 0.25) is 0 Å². The molecule has 0 aromatic heterocycles. The van der Waals surface area contributed by atoms with Gasteiger partial charge in [-0.2, -0.15) is 0 Å². The second kappa shape index (κ2) is 68.8. The van der Waals surface area contributed by atoms with Gasteiger partial charge in [-0.15, -0.1) is 0 Å². The van der Waals surface area contributed by atoms with Gasteiger partial charge in [-0.25, -0.2) is 4.57 Å². The minimum Gasteiger partial charge on any atom is -0.462 e. The number of phosphoric ester groups is 1. The van der Waals surface area contributed by atoms with E-state index in [9.17, 15) is 19.0 Å². The molecule has 0 radical (unpaired) electrons. The first-order valence-electron chi connectivity index (χ1n) is 34.9. The molecule has 0 aromatic rings. The highest BCUT2D eigenvalue weighted by molar-refractivity contribution is 7.47. The summed E-state index contributed by atoms with van der Waals surface area (Å²) in [5.41, 5.74) is 5.40. The first kappa shape index (κ1) is 80.7. The van der Waals surface area contributed by atoms with Crippen molar-refractivity contribution in [3.8, 4) is 0 Å². The third kappa shape index (κ3) is 67.8. The zero-order valence-corrected chi connectivity index (χ0v) is 55.3. The van der Waals surface area contributed by atoms with Crippen molar-refractivity contribution < 1.29 is 37.6 Å². The number of allylic oxidation sites excluding steroid dienone is 18. The summed E-state index contributed by atoms with van der Waals surface area (Å²) in [5.74, 6) is -0.861. The highest BCUT2D eigenvalue weighted by Crippen LogP contribution is 2.43. The molecule has 484 valence electrons. The van der Waals surface area contributed by atoms with E-state index in [2.05, 4.69) is 123 Å². The molecule has 10 heteroatoms. The normalized spacial score (nSPS) is 13.6. The van der Waals surface area contributed by atoms with Crippen LogP contribution in [-0.2, 0) is 32.7 Å². The molecule has 0 aromatic carbocycles. The Labute approximate surface area is 518 Å². The van der Waals surface area contributed by atoms with Gasteiger partial charge in [-0.3, -0.25) is 18.6 Å². The second-order valence-corrected chi connectivity index (χ2v) is 24.5. The highest BCUT2D eigenvalue weighted by Gasteiger charge is 2.26. The van der Waals surface area contributed by atoms with Gasteiger partial charge in [0.15, 0.2) is 6.10 Å². The summed E-state index contributed by atoms with van der Waals surface area (Å²) < 4.78 is 33.1. The summed E-state index contributed by atoms with van der Waals surface area (Å²) in [5, 5.41) is 0. The number of hydrogen-bond donors (Lipinski definition) is 2. The first-order valence-corrected chi connectivity index (χ1v) is 36.4. The average molecular weight is 1190 g/mol. The molecule has 3 N–H and O–H groups in total. The van der Waals surface area contributed by atoms with Gasteiger partial charge < -0.3 is 20.1 Å². The van der Waals surface area contributed by atoms with Crippen LogP contribution in [0.3, 0.4) is 0 Å². The van der Waals surface area contributed by atoms with Crippen molar-refractivity contribution in [1.29, 1.82) is 0 Å². The summed E-state index contributed by atoms with van der Waals surface area (Å²) >= 11 is 0.